The summed E-state index contributed by atoms with van der Waals surface area (Å²) in [5.41, 5.74) is 1.86. The van der Waals surface area contributed by atoms with Gasteiger partial charge in [-0.3, -0.25) is 4.79 Å². The number of benzene rings is 1. The van der Waals surface area contributed by atoms with Crippen LogP contribution in [0, 0.1) is 0 Å². The van der Waals surface area contributed by atoms with Crippen molar-refractivity contribution in [3.63, 3.8) is 0 Å². The second-order valence-electron chi connectivity index (χ2n) is 7.33. The molecule has 1 aliphatic heterocycles. The van der Waals surface area contributed by atoms with Crippen LogP contribution in [0.25, 0.3) is 0 Å². The van der Waals surface area contributed by atoms with E-state index in [0.29, 0.717) is 30.3 Å². The fourth-order valence-corrected chi connectivity index (χ4v) is 4.27. The zero-order chi connectivity index (χ0) is 19.3. The fourth-order valence-electron chi connectivity index (χ4n) is 2.83. The second kappa shape index (κ2) is 9.00. The predicted octanol–water partition coefficient (Wildman–Crippen LogP) is 4.63. The van der Waals surface area contributed by atoms with E-state index in [1.807, 2.05) is 32.9 Å². The average Bonchev–Trinajstić information content (AvgIpc) is 2.74. The highest BCUT2D eigenvalue weighted by Gasteiger charge is 2.25. The number of hydrogen-bond acceptors (Lipinski definition) is 4. The molecule has 0 aliphatic carbocycles. The number of carboxylic acids is 1. The third-order valence-electron chi connectivity index (χ3n) is 4.03. The van der Waals surface area contributed by atoms with E-state index in [1.165, 1.54) is 11.1 Å². The number of nitrogens with zero attached hydrogens (tertiary/aromatic N) is 1. The molecule has 0 saturated carbocycles. The first kappa shape index (κ1) is 20.9. The first-order valence-corrected chi connectivity index (χ1v) is 10.2. The topological polar surface area (TPSA) is 66.8 Å². The molecule has 1 N–H and O–H groups in total. The smallest absolute Gasteiger partial charge is 0.410 e. The summed E-state index contributed by atoms with van der Waals surface area (Å²) in [6, 6.07) is 3.92. The molecule has 1 amide bonds. The van der Waals surface area contributed by atoms with Crippen LogP contribution < -0.4 is 0 Å². The van der Waals surface area contributed by atoms with Gasteiger partial charge in [0, 0.05) is 24.4 Å². The Kier molecular flexibility index (Phi) is 7.24. The quantitative estimate of drug-likeness (QED) is 0.577. The van der Waals surface area contributed by atoms with Crippen molar-refractivity contribution in [3.05, 3.63) is 28.3 Å². The van der Waals surface area contributed by atoms with Crippen molar-refractivity contribution >= 4 is 35.4 Å². The number of thioether (sulfide) groups is 1. The summed E-state index contributed by atoms with van der Waals surface area (Å²) in [4.78, 5) is 25.8. The Labute approximate surface area is 164 Å². The van der Waals surface area contributed by atoms with Crippen LogP contribution in [0.2, 0.25) is 5.02 Å². The molecule has 0 unspecified atom stereocenters. The van der Waals surface area contributed by atoms with Gasteiger partial charge in [-0.1, -0.05) is 17.7 Å². The SMILES string of the molecule is CC(C)(C)OC(=O)N1CCc2ccc(Cl)c(SCCCC(=O)O)c2CC1. The Balaban J connectivity index is 2.07. The number of amides is 1. The van der Waals surface area contributed by atoms with Crippen molar-refractivity contribution in [1.29, 1.82) is 0 Å². The molecule has 7 heteroatoms. The van der Waals surface area contributed by atoms with E-state index in [2.05, 4.69) is 0 Å². The van der Waals surface area contributed by atoms with Crippen molar-refractivity contribution in [2.45, 2.75) is 57.0 Å². The van der Waals surface area contributed by atoms with E-state index < -0.39 is 11.6 Å². The van der Waals surface area contributed by atoms with Crippen molar-refractivity contribution in [2.75, 3.05) is 18.8 Å². The molecule has 0 radical (unpaired) electrons. The van der Waals surface area contributed by atoms with E-state index in [1.54, 1.807) is 16.7 Å². The molecule has 1 aromatic carbocycles. The summed E-state index contributed by atoms with van der Waals surface area (Å²) < 4.78 is 5.49. The molecule has 0 bridgehead atoms. The number of ether oxygens (including phenoxy) is 1. The lowest BCUT2D eigenvalue weighted by Gasteiger charge is -2.26. The lowest BCUT2D eigenvalue weighted by molar-refractivity contribution is -0.137. The maximum atomic E-state index is 12.4. The highest BCUT2D eigenvalue weighted by molar-refractivity contribution is 7.99. The Bertz CT molecular complexity index is 672. The van der Waals surface area contributed by atoms with Crippen LogP contribution in [-0.2, 0) is 22.4 Å². The summed E-state index contributed by atoms with van der Waals surface area (Å²) in [6.07, 6.45) is 1.95. The standard InChI is InChI=1S/C19H26ClNO4S/c1-19(2,3)25-18(24)21-10-8-13-6-7-15(20)17(14(13)9-11-21)26-12-4-5-16(22)23/h6-7H,4-5,8-12H2,1-3H3,(H,22,23). The molecule has 0 saturated heterocycles. The molecular formula is C19H26ClNO4S. The number of hydrogen-bond donors (Lipinski definition) is 1. The van der Waals surface area contributed by atoms with Crippen LogP contribution in [0.3, 0.4) is 0 Å². The van der Waals surface area contributed by atoms with Crippen molar-refractivity contribution in [3.8, 4) is 0 Å². The van der Waals surface area contributed by atoms with Crippen molar-refractivity contribution < 1.29 is 19.4 Å². The highest BCUT2D eigenvalue weighted by Crippen LogP contribution is 2.35. The minimum Gasteiger partial charge on any atom is -0.481 e. The molecule has 1 heterocycles. The molecule has 1 aliphatic rings. The molecule has 1 aromatic rings. The monoisotopic (exact) mass is 399 g/mol. The number of carbonyl (C=O) groups is 2. The Morgan fingerprint density at radius 1 is 1.27 bits per heavy atom. The van der Waals surface area contributed by atoms with Gasteiger partial charge < -0.3 is 14.7 Å². The number of rotatable bonds is 5. The van der Waals surface area contributed by atoms with Crippen molar-refractivity contribution in [2.24, 2.45) is 0 Å². The molecule has 0 fully saturated rings. The normalized spacial score (nSPS) is 14.5. The molecule has 2 rings (SSSR count). The van der Waals surface area contributed by atoms with Gasteiger partial charge in [-0.15, -0.1) is 11.8 Å². The summed E-state index contributed by atoms with van der Waals surface area (Å²) in [5, 5.41) is 9.46. The highest BCUT2D eigenvalue weighted by atomic mass is 35.5. The number of carbonyl (C=O) groups excluding carboxylic acids is 1. The second-order valence-corrected chi connectivity index (χ2v) is 8.84. The van der Waals surface area contributed by atoms with E-state index in [0.717, 1.165) is 17.7 Å². The molecule has 26 heavy (non-hydrogen) atoms. The number of halogens is 1. The zero-order valence-electron chi connectivity index (χ0n) is 15.5. The number of aliphatic carboxylic acids is 1. The lowest BCUT2D eigenvalue weighted by atomic mass is 10.0. The van der Waals surface area contributed by atoms with Crippen LogP contribution in [0.1, 0.15) is 44.7 Å². The first-order valence-electron chi connectivity index (χ1n) is 8.80. The van der Waals surface area contributed by atoms with Crippen LogP contribution in [-0.4, -0.2) is 46.5 Å². The van der Waals surface area contributed by atoms with Gasteiger partial charge in [0.05, 0.1) is 5.02 Å². The molecule has 0 spiro atoms. The molecular weight excluding hydrogens is 374 g/mol. The maximum absolute atomic E-state index is 12.4. The van der Waals surface area contributed by atoms with Crippen LogP contribution in [0.15, 0.2) is 17.0 Å². The average molecular weight is 400 g/mol. The van der Waals surface area contributed by atoms with Crippen LogP contribution in [0.4, 0.5) is 4.79 Å². The Morgan fingerprint density at radius 2 is 1.96 bits per heavy atom. The summed E-state index contributed by atoms with van der Waals surface area (Å²) in [5.74, 6) is -0.0743. The molecule has 0 aromatic heterocycles. The van der Waals surface area contributed by atoms with Gasteiger partial charge in [-0.25, -0.2) is 4.79 Å². The Morgan fingerprint density at radius 3 is 2.62 bits per heavy atom. The van der Waals surface area contributed by atoms with Gasteiger partial charge in [0.15, 0.2) is 0 Å². The number of fused-ring (bicyclic) bond motifs is 1. The van der Waals surface area contributed by atoms with Crippen molar-refractivity contribution in [1.82, 2.24) is 4.90 Å². The summed E-state index contributed by atoms with van der Waals surface area (Å²) >= 11 is 8.00. The summed E-state index contributed by atoms with van der Waals surface area (Å²) in [6.45, 7) is 6.80. The van der Waals surface area contributed by atoms with Gasteiger partial charge in [0.2, 0.25) is 0 Å². The van der Waals surface area contributed by atoms with E-state index in [9.17, 15) is 9.59 Å². The Hall–Kier alpha value is -1.40. The third kappa shape index (κ3) is 6.09. The van der Waals surface area contributed by atoms with Gasteiger partial charge >= 0.3 is 12.1 Å². The van der Waals surface area contributed by atoms with Crippen LogP contribution in [0.5, 0.6) is 0 Å². The van der Waals surface area contributed by atoms with Crippen LogP contribution >= 0.6 is 23.4 Å². The molecule has 0 atom stereocenters. The largest absolute Gasteiger partial charge is 0.481 e. The van der Waals surface area contributed by atoms with E-state index in [4.69, 9.17) is 21.4 Å². The van der Waals surface area contributed by atoms with Gasteiger partial charge in [0.1, 0.15) is 5.60 Å². The minimum absolute atomic E-state index is 0.159. The summed E-state index contributed by atoms with van der Waals surface area (Å²) in [7, 11) is 0. The third-order valence-corrected chi connectivity index (χ3v) is 5.70. The first-order chi connectivity index (χ1) is 12.2. The van der Waals surface area contributed by atoms with Gasteiger partial charge in [0.25, 0.3) is 0 Å². The lowest BCUT2D eigenvalue weighted by Crippen LogP contribution is -2.38. The predicted molar refractivity (Wildman–Crippen MR) is 104 cm³/mol. The number of carboxylic acid groups (broad SMARTS) is 1. The van der Waals surface area contributed by atoms with E-state index in [-0.39, 0.29) is 12.5 Å². The minimum atomic E-state index is -0.781. The molecule has 5 nitrogen and oxygen atoms in total. The van der Waals surface area contributed by atoms with Gasteiger partial charge in [-0.05, 0) is 63.0 Å². The molecule has 144 valence electrons. The maximum Gasteiger partial charge on any atom is 0.410 e. The fraction of sp³-hybridized carbons (Fsp3) is 0.579. The van der Waals surface area contributed by atoms with E-state index >= 15 is 0 Å². The van der Waals surface area contributed by atoms with Gasteiger partial charge in [-0.2, -0.15) is 0 Å². The zero-order valence-corrected chi connectivity index (χ0v) is 17.1.